The standard InChI is InChI=1S/C13H9Cl2N3/c14-7-5-10(16)12-11(6-7)17-13(18-12)8-3-1-2-4-9(8)15/h1-6H,16H2,(H,17,18). The molecule has 0 aliphatic carbocycles. The maximum atomic E-state index is 6.14. The molecule has 1 heterocycles. The molecule has 0 saturated carbocycles. The van der Waals surface area contributed by atoms with Crippen molar-refractivity contribution in [2.45, 2.75) is 0 Å². The number of halogens is 2. The molecule has 0 radical (unpaired) electrons. The molecular formula is C13H9Cl2N3. The summed E-state index contributed by atoms with van der Waals surface area (Å²) < 4.78 is 0. The highest BCUT2D eigenvalue weighted by Gasteiger charge is 2.10. The van der Waals surface area contributed by atoms with Gasteiger partial charge in [-0.2, -0.15) is 0 Å². The molecule has 0 unspecified atom stereocenters. The fraction of sp³-hybridized carbons (Fsp3) is 0. The molecule has 2 aromatic carbocycles. The van der Waals surface area contributed by atoms with E-state index in [4.69, 9.17) is 28.9 Å². The lowest BCUT2D eigenvalue weighted by molar-refractivity contribution is 1.34. The van der Waals surface area contributed by atoms with Crippen LogP contribution in [0.5, 0.6) is 0 Å². The molecule has 3 rings (SSSR count). The highest BCUT2D eigenvalue weighted by molar-refractivity contribution is 6.33. The van der Waals surface area contributed by atoms with Crippen molar-refractivity contribution in [2.75, 3.05) is 5.73 Å². The lowest BCUT2D eigenvalue weighted by Crippen LogP contribution is -1.86. The lowest BCUT2D eigenvalue weighted by Gasteiger charge is -1.98. The second kappa shape index (κ2) is 4.19. The van der Waals surface area contributed by atoms with Crippen molar-refractivity contribution in [1.82, 2.24) is 9.97 Å². The number of anilines is 1. The van der Waals surface area contributed by atoms with E-state index < -0.39 is 0 Å². The number of aromatic nitrogens is 2. The number of imidazole rings is 1. The van der Waals surface area contributed by atoms with Crippen LogP contribution in [0.4, 0.5) is 5.69 Å². The first-order valence-corrected chi connectivity index (χ1v) is 6.10. The number of H-pyrrole nitrogens is 1. The number of hydrogen-bond acceptors (Lipinski definition) is 2. The van der Waals surface area contributed by atoms with Gasteiger partial charge in [-0.15, -0.1) is 0 Å². The number of nitrogens with one attached hydrogen (secondary N) is 1. The summed E-state index contributed by atoms with van der Waals surface area (Å²) in [5.74, 6) is 0.685. The molecule has 0 saturated heterocycles. The van der Waals surface area contributed by atoms with E-state index in [1.165, 1.54) is 0 Å². The number of fused-ring (bicyclic) bond motifs is 1. The van der Waals surface area contributed by atoms with Crippen LogP contribution in [0.1, 0.15) is 0 Å². The topological polar surface area (TPSA) is 54.7 Å². The first-order chi connectivity index (χ1) is 8.65. The zero-order valence-electron chi connectivity index (χ0n) is 9.24. The van der Waals surface area contributed by atoms with Crippen LogP contribution in [-0.4, -0.2) is 9.97 Å². The summed E-state index contributed by atoms with van der Waals surface area (Å²) >= 11 is 12.1. The van der Waals surface area contributed by atoms with Crippen molar-refractivity contribution in [2.24, 2.45) is 0 Å². The van der Waals surface area contributed by atoms with Gasteiger partial charge in [-0.3, -0.25) is 0 Å². The molecule has 1 aromatic heterocycles. The normalized spacial score (nSPS) is 11.0. The van der Waals surface area contributed by atoms with Gasteiger partial charge in [0.15, 0.2) is 0 Å². The molecule has 3 aromatic rings. The molecule has 5 heteroatoms. The summed E-state index contributed by atoms with van der Waals surface area (Å²) in [6.45, 7) is 0. The van der Waals surface area contributed by atoms with Crippen molar-refractivity contribution in [3.8, 4) is 11.4 Å². The summed E-state index contributed by atoms with van der Waals surface area (Å²) in [4.78, 5) is 7.64. The number of nitrogens with two attached hydrogens (primary N) is 1. The van der Waals surface area contributed by atoms with Crippen LogP contribution in [0.2, 0.25) is 10.0 Å². The Morgan fingerprint density at radius 1 is 1.11 bits per heavy atom. The first-order valence-electron chi connectivity index (χ1n) is 5.35. The minimum absolute atomic E-state index is 0.548. The highest BCUT2D eigenvalue weighted by atomic mass is 35.5. The van der Waals surface area contributed by atoms with E-state index in [1.54, 1.807) is 12.1 Å². The Bertz CT molecular complexity index is 734. The summed E-state index contributed by atoms with van der Waals surface area (Å²) in [5, 5.41) is 1.22. The second-order valence-corrected chi connectivity index (χ2v) is 4.80. The van der Waals surface area contributed by atoms with Crippen LogP contribution in [0.25, 0.3) is 22.4 Å². The minimum Gasteiger partial charge on any atom is -0.397 e. The van der Waals surface area contributed by atoms with Crippen molar-refractivity contribution in [3.63, 3.8) is 0 Å². The Hall–Kier alpha value is -1.71. The third kappa shape index (κ3) is 1.82. The van der Waals surface area contributed by atoms with Gasteiger partial charge in [0, 0.05) is 10.6 Å². The van der Waals surface area contributed by atoms with E-state index in [0.717, 1.165) is 11.1 Å². The van der Waals surface area contributed by atoms with Gasteiger partial charge in [0.25, 0.3) is 0 Å². The SMILES string of the molecule is Nc1cc(Cl)cc2[nH]c(-c3ccccc3Cl)nc12. The number of hydrogen-bond donors (Lipinski definition) is 2. The third-order valence-corrected chi connectivity index (χ3v) is 3.26. The Balaban J connectivity index is 2.26. The predicted octanol–water partition coefficient (Wildman–Crippen LogP) is 4.12. The summed E-state index contributed by atoms with van der Waals surface area (Å²) in [5.41, 5.74) is 8.78. The van der Waals surface area contributed by atoms with Gasteiger partial charge >= 0.3 is 0 Å². The van der Waals surface area contributed by atoms with Gasteiger partial charge in [-0.1, -0.05) is 35.3 Å². The molecule has 0 atom stereocenters. The molecule has 3 nitrogen and oxygen atoms in total. The molecule has 3 N–H and O–H groups in total. The van der Waals surface area contributed by atoms with Crippen molar-refractivity contribution < 1.29 is 0 Å². The van der Waals surface area contributed by atoms with Crippen LogP contribution < -0.4 is 5.73 Å². The highest BCUT2D eigenvalue weighted by Crippen LogP contribution is 2.30. The van der Waals surface area contributed by atoms with Crippen LogP contribution >= 0.6 is 23.2 Å². The Morgan fingerprint density at radius 3 is 2.67 bits per heavy atom. The van der Waals surface area contributed by atoms with Gasteiger partial charge in [-0.25, -0.2) is 4.98 Å². The lowest BCUT2D eigenvalue weighted by atomic mass is 10.2. The first kappa shape index (κ1) is 11.4. The maximum Gasteiger partial charge on any atom is 0.140 e. The molecule has 90 valence electrons. The zero-order chi connectivity index (χ0) is 12.7. The minimum atomic E-state index is 0.548. The van der Waals surface area contributed by atoms with Crippen molar-refractivity contribution in [3.05, 3.63) is 46.4 Å². The summed E-state index contributed by atoms with van der Waals surface area (Å²) in [6.07, 6.45) is 0. The maximum absolute atomic E-state index is 6.14. The average Bonchev–Trinajstić information content (AvgIpc) is 2.73. The molecule has 0 spiro atoms. The molecule has 18 heavy (non-hydrogen) atoms. The Morgan fingerprint density at radius 2 is 1.89 bits per heavy atom. The third-order valence-electron chi connectivity index (χ3n) is 2.71. The van der Waals surface area contributed by atoms with E-state index >= 15 is 0 Å². The van der Waals surface area contributed by atoms with E-state index in [-0.39, 0.29) is 0 Å². The quantitative estimate of drug-likeness (QED) is 0.658. The van der Waals surface area contributed by atoms with Crippen molar-refractivity contribution in [1.29, 1.82) is 0 Å². The Labute approximate surface area is 114 Å². The zero-order valence-corrected chi connectivity index (χ0v) is 10.8. The van der Waals surface area contributed by atoms with Crippen LogP contribution in [0.3, 0.4) is 0 Å². The fourth-order valence-corrected chi connectivity index (χ4v) is 2.34. The van der Waals surface area contributed by atoms with Crippen LogP contribution in [-0.2, 0) is 0 Å². The fourth-order valence-electron chi connectivity index (χ4n) is 1.89. The van der Waals surface area contributed by atoms with Gasteiger partial charge < -0.3 is 10.7 Å². The molecule has 0 fully saturated rings. The van der Waals surface area contributed by atoms with E-state index in [1.807, 2.05) is 24.3 Å². The van der Waals surface area contributed by atoms with Gasteiger partial charge in [0.1, 0.15) is 11.3 Å². The van der Waals surface area contributed by atoms with E-state index in [0.29, 0.717) is 27.1 Å². The van der Waals surface area contributed by atoms with E-state index in [2.05, 4.69) is 9.97 Å². The number of aromatic amines is 1. The summed E-state index contributed by atoms with van der Waals surface area (Å²) in [7, 11) is 0. The number of rotatable bonds is 1. The Kier molecular flexibility index (Phi) is 2.65. The average molecular weight is 278 g/mol. The van der Waals surface area contributed by atoms with Gasteiger partial charge in [-0.05, 0) is 24.3 Å². The molecule has 0 bridgehead atoms. The van der Waals surface area contributed by atoms with E-state index in [9.17, 15) is 0 Å². The molecule has 0 amide bonds. The smallest absolute Gasteiger partial charge is 0.140 e. The predicted molar refractivity (Wildman–Crippen MR) is 76.0 cm³/mol. The molecule has 0 aliphatic rings. The molecule has 0 aliphatic heterocycles. The largest absolute Gasteiger partial charge is 0.397 e. The van der Waals surface area contributed by atoms with Gasteiger partial charge in [0.2, 0.25) is 0 Å². The summed E-state index contributed by atoms with van der Waals surface area (Å²) in [6, 6.07) is 11.0. The van der Waals surface area contributed by atoms with Crippen LogP contribution in [0.15, 0.2) is 36.4 Å². The van der Waals surface area contributed by atoms with Crippen LogP contribution in [0, 0.1) is 0 Å². The molecular weight excluding hydrogens is 269 g/mol. The number of benzene rings is 2. The van der Waals surface area contributed by atoms with Crippen molar-refractivity contribution >= 4 is 39.9 Å². The number of nitrogens with zero attached hydrogens (tertiary/aromatic N) is 1. The monoisotopic (exact) mass is 277 g/mol. The second-order valence-electron chi connectivity index (χ2n) is 3.96. The number of nitrogen functional groups attached to an aromatic ring is 1. The van der Waals surface area contributed by atoms with Gasteiger partial charge in [0.05, 0.1) is 16.2 Å².